The lowest BCUT2D eigenvalue weighted by molar-refractivity contribution is -0.141. The van der Waals surface area contributed by atoms with Crippen molar-refractivity contribution in [1.29, 1.82) is 0 Å². The second kappa shape index (κ2) is 9.57. The van der Waals surface area contributed by atoms with Crippen molar-refractivity contribution in [1.82, 2.24) is 14.7 Å². The van der Waals surface area contributed by atoms with E-state index in [0.29, 0.717) is 43.8 Å². The summed E-state index contributed by atoms with van der Waals surface area (Å²) < 4.78 is 18.4. The molecule has 2 fully saturated rings. The predicted molar refractivity (Wildman–Crippen MR) is 109 cm³/mol. The Labute approximate surface area is 172 Å². The summed E-state index contributed by atoms with van der Waals surface area (Å²) in [5, 5.41) is 0. The van der Waals surface area contributed by atoms with Gasteiger partial charge >= 0.3 is 0 Å². The summed E-state index contributed by atoms with van der Waals surface area (Å²) in [6, 6.07) is 5.47. The van der Waals surface area contributed by atoms with Gasteiger partial charge in [-0.15, -0.1) is 0 Å². The fourth-order valence-electron chi connectivity index (χ4n) is 4.39. The number of carbonyl (C=O) groups excluding carboxylic acids is 2. The van der Waals surface area contributed by atoms with E-state index in [9.17, 15) is 14.0 Å². The smallest absolute Gasteiger partial charge is 0.260 e. The molecule has 0 spiro atoms. The van der Waals surface area contributed by atoms with Crippen LogP contribution in [0.15, 0.2) is 24.3 Å². The number of hydrogen-bond acceptors (Lipinski definition) is 4. The van der Waals surface area contributed by atoms with E-state index in [-0.39, 0.29) is 30.3 Å². The number of halogens is 1. The molecule has 0 aliphatic carbocycles. The molecule has 2 aliphatic heterocycles. The normalized spacial score (nSPS) is 24.3. The van der Waals surface area contributed by atoms with E-state index in [1.54, 1.807) is 4.90 Å². The van der Waals surface area contributed by atoms with Gasteiger partial charge in [-0.1, -0.05) is 13.8 Å². The maximum absolute atomic E-state index is 12.9. The van der Waals surface area contributed by atoms with Crippen molar-refractivity contribution in [3.8, 4) is 5.75 Å². The van der Waals surface area contributed by atoms with Gasteiger partial charge in [0.15, 0.2) is 6.61 Å². The average molecular weight is 406 g/mol. The van der Waals surface area contributed by atoms with E-state index < -0.39 is 0 Å². The minimum atomic E-state index is -0.336. The van der Waals surface area contributed by atoms with Gasteiger partial charge in [0, 0.05) is 39.3 Å². The Morgan fingerprint density at radius 1 is 1.03 bits per heavy atom. The van der Waals surface area contributed by atoms with Crippen LogP contribution in [0.25, 0.3) is 0 Å². The Morgan fingerprint density at radius 3 is 2.21 bits per heavy atom. The van der Waals surface area contributed by atoms with E-state index in [2.05, 4.69) is 18.7 Å². The molecule has 6 nitrogen and oxygen atoms in total. The molecule has 0 saturated carbocycles. The summed E-state index contributed by atoms with van der Waals surface area (Å²) in [5.41, 5.74) is 0. The Balaban J connectivity index is 1.44. The van der Waals surface area contributed by atoms with Crippen molar-refractivity contribution < 1.29 is 18.7 Å². The molecule has 0 radical (unpaired) electrons. The van der Waals surface area contributed by atoms with E-state index in [0.717, 1.165) is 13.1 Å². The lowest BCUT2D eigenvalue weighted by atomic mass is 9.91. The van der Waals surface area contributed by atoms with Crippen LogP contribution in [0.1, 0.15) is 27.2 Å². The molecule has 0 bridgehead atoms. The quantitative estimate of drug-likeness (QED) is 0.754. The molecule has 3 unspecified atom stereocenters. The van der Waals surface area contributed by atoms with E-state index in [1.807, 2.05) is 11.8 Å². The molecule has 2 heterocycles. The van der Waals surface area contributed by atoms with Crippen molar-refractivity contribution in [2.45, 2.75) is 33.2 Å². The number of ether oxygens (including phenoxy) is 1. The highest BCUT2D eigenvalue weighted by Gasteiger charge is 2.33. The van der Waals surface area contributed by atoms with Gasteiger partial charge in [-0.2, -0.15) is 0 Å². The molecule has 160 valence electrons. The van der Waals surface area contributed by atoms with Crippen molar-refractivity contribution in [2.24, 2.45) is 11.8 Å². The first-order valence-electron chi connectivity index (χ1n) is 10.5. The number of benzene rings is 1. The number of piperazine rings is 1. The summed E-state index contributed by atoms with van der Waals surface area (Å²) >= 11 is 0. The minimum Gasteiger partial charge on any atom is -0.484 e. The third kappa shape index (κ3) is 5.69. The topological polar surface area (TPSA) is 53.1 Å². The molecular weight excluding hydrogens is 373 g/mol. The van der Waals surface area contributed by atoms with Gasteiger partial charge in [-0.25, -0.2) is 4.39 Å². The Kier molecular flexibility index (Phi) is 7.11. The largest absolute Gasteiger partial charge is 0.484 e. The van der Waals surface area contributed by atoms with Crippen LogP contribution in [-0.2, 0) is 9.59 Å². The van der Waals surface area contributed by atoms with Crippen LogP contribution in [0.5, 0.6) is 5.75 Å². The Bertz CT molecular complexity index is 694. The molecule has 0 N–H and O–H groups in total. The van der Waals surface area contributed by atoms with Crippen LogP contribution in [0.4, 0.5) is 4.39 Å². The summed E-state index contributed by atoms with van der Waals surface area (Å²) in [6.45, 7) is 10.5. The third-order valence-corrected chi connectivity index (χ3v) is 5.93. The summed E-state index contributed by atoms with van der Waals surface area (Å²) in [7, 11) is 0. The molecule has 29 heavy (non-hydrogen) atoms. The standard InChI is InChI=1S/C22H32FN3O3/c1-16-12-17(2)14-26(13-16)22(28)18(3)24-8-10-25(11-9-24)21(27)15-29-20-6-4-19(23)5-7-20/h4-7,16-18H,8-15H2,1-3H3. The summed E-state index contributed by atoms with van der Waals surface area (Å²) in [5.74, 6) is 1.34. The third-order valence-electron chi connectivity index (χ3n) is 5.93. The zero-order valence-corrected chi connectivity index (χ0v) is 17.6. The molecular formula is C22H32FN3O3. The zero-order chi connectivity index (χ0) is 21.0. The first-order chi connectivity index (χ1) is 13.8. The summed E-state index contributed by atoms with van der Waals surface area (Å²) in [6.07, 6.45) is 1.18. The average Bonchev–Trinajstić information content (AvgIpc) is 2.71. The van der Waals surface area contributed by atoms with Gasteiger partial charge in [0.1, 0.15) is 11.6 Å². The maximum atomic E-state index is 12.9. The monoisotopic (exact) mass is 405 g/mol. The lowest BCUT2D eigenvalue weighted by Gasteiger charge is -2.41. The highest BCUT2D eigenvalue weighted by molar-refractivity contribution is 5.82. The van der Waals surface area contributed by atoms with Crippen LogP contribution in [0.3, 0.4) is 0 Å². The fourth-order valence-corrected chi connectivity index (χ4v) is 4.39. The number of carbonyl (C=O) groups is 2. The van der Waals surface area contributed by atoms with Crippen LogP contribution in [-0.4, -0.2) is 78.4 Å². The number of likely N-dealkylation sites (tertiary alicyclic amines) is 1. The Hall–Kier alpha value is -2.15. The molecule has 0 aromatic heterocycles. The minimum absolute atomic E-state index is 0.0658. The first kappa shape index (κ1) is 21.6. The SMILES string of the molecule is CC1CC(C)CN(C(=O)C(C)N2CCN(C(=O)COc3ccc(F)cc3)CC2)C1. The number of piperidine rings is 1. The van der Waals surface area contributed by atoms with Crippen LogP contribution >= 0.6 is 0 Å². The zero-order valence-electron chi connectivity index (χ0n) is 17.6. The summed E-state index contributed by atoms with van der Waals surface area (Å²) in [4.78, 5) is 31.3. The van der Waals surface area contributed by atoms with Gasteiger partial charge < -0.3 is 14.5 Å². The number of nitrogens with zero attached hydrogens (tertiary/aromatic N) is 3. The molecule has 2 amide bonds. The molecule has 2 saturated heterocycles. The molecule has 7 heteroatoms. The Morgan fingerprint density at radius 2 is 1.62 bits per heavy atom. The van der Waals surface area contributed by atoms with E-state index in [4.69, 9.17) is 4.74 Å². The van der Waals surface area contributed by atoms with Crippen molar-refractivity contribution in [2.75, 3.05) is 45.9 Å². The van der Waals surface area contributed by atoms with Gasteiger partial charge in [0.05, 0.1) is 6.04 Å². The highest BCUT2D eigenvalue weighted by atomic mass is 19.1. The molecule has 3 rings (SSSR count). The number of hydrogen-bond donors (Lipinski definition) is 0. The van der Waals surface area contributed by atoms with E-state index >= 15 is 0 Å². The molecule has 1 aromatic carbocycles. The van der Waals surface area contributed by atoms with Gasteiger partial charge in [0.2, 0.25) is 5.91 Å². The molecule has 3 atom stereocenters. The van der Waals surface area contributed by atoms with Crippen LogP contribution in [0, 0.1) is 17.7 Å². The van der Waals surface area contributed by atoms with Crippen LogP contribution in [0.2, 0.25) is 0 Å². The number of rotatable bonds is 5. The van der Waals surface area contributed by atoms with Crippen molar-refractivity contribution in [3.05, 3.63) is 30.1 Å². The van der Waals surface area contributed by atoms with Gasteiger partial charge in [0.25, 0.3) is 5.91 Å². The lowest BCUT2D eigenvalue weighted by Crippen LogP contribution is -2.57. The fraction of sp³-hybridized carbons (Fsp3) is 0.636. The first-order valence-corrected chi connectivity index (χ1v) is 10.5. The van der Waals surface area contributed by atoms with Gasteiger partial charge in [-0.05, 0) is 49.4 Å². The van der Waals surface area contributed by atoms with Gasteiger partial charge in [-0.3, -0.25) is 14.5 Å². The highest BCUT2D eigenvalue weighted by Crippen LogP contribution is 2.22. The van der Waals surface area contributed by atoms with Crippen molar-refractivity contribution >= 4 is 11.8 Å². The maximum Gasteiger partial charge on any atom is 0.260 e. The predicted octanol–water partition coefficient (Wildman–Crippen LogP) is 2.24. The second-order valence-electron chi connectivity index (χ2n) is 8.52. The van der Waals surface area contributed by atoms with Crippen LogP contribution < -0.4 is 4.74 Å². The molecule has 1 aromatic rings. The van der Waals surface area contributed by atoms with E-state index in [1.165, 1.54) is 30.7 Å². The second-order valence-corrected chi connectivity index (χ2v) is 8.52. The van der Waals surface area contributed by atoms with Crippen molar-refractivity contribution in [3.63, 3.8) is 0 Å². The number of amides is 2. The molecule has 2 aliphatic rings.